The third kappa shape index (κ3) is 10.4. The van der Waals surface area contributed by atoms with Crippen LogP contribution in [-0.2, 0) is 9.47 Å². The molecule has 7 heteroatoms. The molecule has 0 rings (SSSR count). The van der Waals surface area contributed by atoms with Crippen molar-refractivity contribution < 1.29 is 19.1 Å². The van der Waals surface area contributed by atoms with Crippen LogP contribution in [-0.4, -0.2) is 47.3 Å². The van der Waals surface area contributed by atoms with Gasteiger partial charge in [0.2, 0.25) is 5.96 Å². The molecule has 0 aromatic heterocycles. The van der Waals surface area contributed by atoms with Crippen molar-refractivity contribution in [2.75, 3.05) is 13.1 Å². The summed E-state index contributed by atoms with van der Waals surface area (Å²) in [6.07, 6.45) is 1.70. The molecule has 7 nitrogen and oxygen atoms in total. The summed E-state index contributed by atoms with van der Waals surface area (Å²) in [6, 6.07) is 0. The molecule has 0 unspecified atom stereocenters. The summed E-state index contributed by atoms with van der Waals surface area (Å²) in [5, 5.41) is 2.48. The lowest BCUT2D eigenvalue weighted by atomic mass is 10.2. The second kappa shape index (κ2) is 9.10. The summed E-state index contributed by atoms with van der Waals surface area (Å²) in [7, 11) is 0. The van der Waals surface area contributed by atoms with Gasteiger partial charge in [0.05, 0.1) is 0 Å². The van der Waals surface area contributed by atoms with Gasteiger partial charge in [-0.05, 0) is 41.5 Å². The minimum atomic E-state index is -0.813. The number of hydrogen-bond acceptors (Lipinski definition) is 4. The number of amides is 2. The third-order valence-corrected chi connectivity index (χ3v) is 2.20. The van der Waals surface area contributed by atoms with Crippen molar-refractivity contribution in [2.24, 2.45) is 4.99 Å². The molecule has 0 aliphatic heterocycles. The van der Waals surface area contributed by atoms with Crippen molar-refractivity contribution in [1.82, 2.24) is 10.2 Å². The topological polar surface area (TPSA) is 80.2 Å². The summed E-state index contributed by atoms with van der Waals surface area (Å²) in [5.41, 5.74) is -1.37. The second-order valence-corrected chi connectivity index (χ2v) is 7.02. The van der Waals surface area contributed by atoms with Crippen molar-refractivity contribution in [3.63, 3.8) is 0 Å². The summed E-state index contributed by atoms with van der Waals surface area (Å²) < 4.78 is 10.4. The van der Waals surface area contributed by atoms with E-state index in [2.05, 4.69) is 23.5 Å². The van der Waals surface area contributed by atoms with Crippen LogP contribution in [0.2, 0.25) is 0 Å². The number of aliphatic imine (C=N–C) groups is 1. The maximum atomic E-state index is 12.0. The van der Waals surface area contributed by atoms with E-state index in [1.54, 1.807) is 58.6 Å². The number of rotatable bonds is 4. The van der Waals surface area contributed by atoms with E-state index < -0.39 is 23.4 Å². The zero-order chi connectivity index (χ0) is 19.0. The average Bonchev–Trinajstić information content (AvgIpc) is 2.33. The van der Waals surface area contributed by atoms with E-state index in [0.29, 0.717) is 13.1 Å². The van der Waals surface area contributed by atoms with Crippen LogP contribution < -0.4 is 5.32 Å². The molecule has 0 saturated carbocycles. The first-order valence-corrected chi connectivity index (χ1v) is 7.66. The third-order valence-electron chi connectivity index (χ3n) is 2.20. The molecule has 0 atom stereocenters. The Balaban J connectivity index is 5.40. The predicted octanol–water partition coefficient (Wildman–Crippen LogP) is 3.48. The number of ether oxygens (including phenoxy) is 2. The highest BCUT2D eigenvalue weighted by atomic mass is 16.6. The molecule has 0 aromatic rings. The molecular weight excluding hydrogens is 310 g/mol. The Morgan fingerprint density at radius 2 is 1.46 bits per heavy atom. The number of guanidine groups is 1. The summed E-state index contributed by atoms with van der Waals surface area (Å²) in [6.45, 7) is 18.4. The minimum Gasteiger partial charge on any atom is -0.444 e. The standard InChI is InChI=1S/C17H29N3O4/c1-9-11-20(12-10-2)13(18-14(21)23-16(3,4)5)19-15(22)24-17(6,7)8/h9-10H,1-2,11-12H2,3-8H3,(H,18,19,21,22). The quantitative estimate of drug-likeness (QED) is 0.482. The first-order chi connectivity index (χ1) is 10.9. The molecule has 1 N–H and O–H groups in total. The molecule has 136 valence electrons. The zero-order valence-electron chi connectivity index (χ0n) is 15.5. The Labute approximate surface area is 144 Å². The maximum absolute atomic E-state index is 12.0. The number of carbonyl (C=O) groups excluding carboxylic acids is 2. The molecule has 0 saturated heterocycles. The Morgan fingerprint density at radius 1 is 1.00 bits per heavy atom. The maximum Gasteiger partial charge on any atom is 0.437 e. The average molecular weight is 339 g/mol. The van der Waals surface area contributed by atoms with Crippen molar-refractivity contribution in [2.45, 2.75) is 52.7 Å². The molecule has 0 fully saturated rings. The first-order valence-electron chi connectivity index (χ1n) is 7.66. The van der Waals surface area contributed by atoms with Crippen LogP contribution in [0, 0.1) is 0 Å². The van der Waals surface area contributed by atoms with Gasteiger partial charge in [-0.15, -0.1) is 18.2 Å². The highest BCUT2D eigenvalue weighted by molar-refractivity contribution is 5.99. The SMILES string of the molecule is C=CCN(CC=C)/C(=N/C(=O)OC(C)(C)C)NC(=O)OC(C)(C)C. The fourth-order valence-corrected chi connectivity index (χ4v) is 1.50. The fourth-order valence-electron chi connectivity index (χ4n) is 1.50. The second-order valence-electron chi connectivity index (χ2n) is 7.02. The van der Waals surface area contributed by atoms with Gasteiger partial charge < -0.3 is 14.4 Å². The largest absolute Gasteiger partial charge is 0.444 e. The number of nitrogens with zero attached hydrogens (tertiary/aromatic N) is 2. The Hall–Kier alpha value is -2.31. The van der Waals surface area contributed by atoms with Crippen molar-refractivity contribution >= 4 is 18.1 Å². The monoisotopic (exact) mass is 339 g/mol. The van der Waals surface area contributed by atoms with Gasteiger partial charge in [-0.2, -0.15) is 0 Å². The number of alkyl carbamates (subject to hydrolysis) is 1. The lowest BCUT2D eigenvalue weighted by Gasteiger charge is -2.26. The van der Waals surface area contributed by atoms with Gasteiger partial charge in [0.25, 0.3) is 0 Å². The Kier molecular flexibility index (Phi) is 8.22. The Bertz CT molecular complexity index is 489. The first kappa shape index (κ1) is 21.7. The van der Waals surface area contributed by atoms with Crippen molar-refractivity contribution in [3.8, 4) is 0 Å². The predicted molar refractivity (Wildman–Crippen MR) is 95.0 cm³/mol. The van der Waals surface area contributed by atoms with Gasteiger partial charge in [-0.25, -0.2) is 9.59 Å². The fraction of sp³-hybridized carbons (Fsp3) is 0.588. The normalized spacial score (nSPS) is 12.2. The van der Waals surface area contributed by atoms with Gasteiger partial charge >= 0.3 is 12.2 Å². The molecule has 0 radical (unpaired) electrons. The highest BCUT2D eigenvalue weighted by Gasteiger charge is 2.22. The molecule has 0 aliphatic rings. The van der Waals surface area contributed by atoms with Crippen LogP contribution in [0.25, 0.3) is 0 Å². The number of nitrogens with one attached hydrogen (secondary N) is 1. The van der Waals surface area contributed by atoms with Crippen LogP contribution >= 0.6 is 0 Å². The van der Waals surface area contributed by atoms with Crippen molar-refractivity contribution in [3.05, 3.63) is 25.3 Å². The van der Waals surface area contributed by atoms with Crippen LogP contribution in [0.5, 0.6) is 0 Å². The Morgan fingerprint density at radius 3 is 1.83 bits per heavy atom. The van der Waals surface area contributed by atoms with Crippen LogP contribution in [0.3, 0.4) is 0 Å². The highest BCUT2D eigenvalue weighted by Crippen LogP contribution is 2.09. The van der Waals surface area contributed by atoms with E-state index in [9.17, 15) is 9.59 Å². The van der Waals surface area contributed by atoms with Crippen LogP contribution in [0.1, 0.15) is 41.5 Å². The zero-order valence-corrected chi connectivity index (χ0v) is 15.5. The summed E-state index contributed by atoms with van der Waals surface area (Å²) >= 11 is 0. The molecule has 0 aromatic carbocycles. The van der Waals surface area contributed by atoms with Gasteiger partial charge in [0, 0.05) is 13.1 Å². The molecule has 0 aliphatic carbocycles. The van der Waals surface area contributed by atoms with Gasteiger partial charge in [0.15, 0.2) is 0 Å². The molecule has 0 bridgehead atoms. The molecular formula is C17H29N3O4. The van der Waals surface area contributed by atoms with E-state index in [4.69, 9.17) is 9.47 Å². The van der Waals surface area contributed by atoms with Crippen LogP contribution in [0.15, 0.2) is 30.3 Å². The van der Waals surface area contributed by atoms with Gasteiger partial charge in [-0.3, -0.25) is 5.32 Å². The lowest BCUT2D eigenvalue weighted by Crippen LogP contribution is -2.46. The van der Waals surface area contributed by atoms with Gasteiger partial charge in [0.1, 0.15) is 11.2 Å². The molecule has 24 heavy (non-hydrogen) atoms. The van der Waals surface area contributed by atoms with E-state index in [1.807, 2.05) is 0 Å². The molecule has 0 spiro atoms. The molecule has 0 heterocycles. The lowest BCUT2D eigenvalue weighted by molar-refractivity contribution is 0.0555. The number of hydrogen-bond donors (Lipinski definition) is 1. The van der Waals surface area contributed by atoms with E-state index in [1.165, 1.54) is 0 Å². The molecule has 2 amide bonds. The van der Waals surface area contributed by atoms with E-state index in [0.717, 1.165) is 0 Å². The van der Waals surface area contributed by atoms with Gasteiger partial charge in [-0.1, -0.05) is 12.2 Å². The van der Waals surface area contributed by atoms with Crippen LogP contribution in [0.4, 0.5) is 9.59 Å². The summed E-state index contributed by atoms with van der Waals surface area (Å²) in [4.78, 5) is 29.4. The summed E-state index contributed by atoms with van der Waals surface area (Å²) in [5.74, 6) is 0.0123. The smallest absolute Gasteiger partial charge is 0.437 e. The van der Waals surface area contributed by atoms with E-state index in [-0.39, 0.29) is 5.96 Å². The minimum absolute atomic E-state index is 0.0123. The number of carbonyl (C=O) groups is 2. The van der Waals surface area contributed by atoms with Crippen molar-refractivity contribution in [1.29, 1.82) is 0 Å². The van der Waals surface area contributed by atoms with E-state index >= 15 is 0 Å².